The Labute approximate surface area is 218 Å². The fourth-order valence-electron chi connectivity index (χ4n) is 5.59. The molecule has 0 amide bonds. The van der Waals surface area contributed by atoms with Gasteiger partial charge in [0.05, 0.1) is 10.1 Å². The standard InChI is InChI=1S/C29H35FO4SSi/c1-17(2)36(18(3)4,19(5)6)34-23-12-10-20(11-13-23)27-28(21-8-7-9-22(31)16-21)35-29-25(33-27)15-14-24(32)26(29)30/h7-19,27-28,31-32H,1-6H3/t27-,28+/m1/s1. The number of rotatable bonds is 7. The third-order valence-electron chi connectivity index (χ3n) is 7.22. The average Bonchev–Trinajstić information content (AvgIpc) is 2.84. The van der Waals surface area contributed by atoms with E-state index in [2.05, 4.69) is 41.5 Å². The highest BCUT2D eigenvalue weighted by atomic mass is 32.2. The Balaban J connectivity index is 1.71. The molecule has 4 nitrogen and oxygen atoms in total. The van der Waals surface area contributed by atoms with Gasteiger partial charge in [0.25, 0.3) is 8.32 Å². The highest BCUT2D eigenvalue weighted by Gasteiger charge is 2.47. The monoisotopic (exact) mass is 526 g/mol. The number of phenolic OH excluding ortho intramolecular Hbond substituents is 2. The first-order valence-electron chi connectivity index (χ1n) is 12.5. The number of halogens is 1. The Morgan fingerprint density at radius 1 is 0.861 bits per heavy atom. The molecule has 0 fully saturated rings. The van der Waals surface area contributed by atoms with E-state index in [0.717, 1.165) is 16.9 Å². The molecule has 0 bridgehead atoms. The normalized spacial score (nSPS) is 17.8. The first kappa shape index (κ1) is 26.4. The molecule has 192 valence electrons. The summed E-state index contributed by atoms with van der Waals surface area (Å²) in [6.07, 6.45) is -0.426. The van der Waals surface area contributed by atoms with E-state index in [4.69, 9.17) is 9.16 Å². The predicted molar refractivity (Wildman–Crippen MR) is 146 cm³/mol. The zero-order chi connectivity index (χ0) is 26.2. The molecular weight excluding hydrogens is 491 g/mol. The van der Waals surface area contributed by atoms with Crippen LogP contribution < -0.4 is 9.16 Å². The summed E-state index contributed by atoms with van der Waals surface area (Å²) in [7, 11) is -2.09. The molecule has 36 heavy (non-hydrogen) atoms. The summed E-state index contributed by atoms with van der Waals surface area (Å²) in [5, 5.41) is 19.7. The minimum atomic E-state index is -2.09. The molecule has 0 aliphatic carbocycles. The topological polar surface area (TPSA) is 58.9 Å². The van der Waals surface area contributed by atoms with E-state index in [1.807, 2.05) is 30.3 Å². The van der Waals surface area contributed by atoms with Crippen LogP contribution >= 0.6 is 11.8 Å². The predicted octanol–water partition coefficient (Wildman–Crippen LogP) is 8.76. The van der Waals surface area contributed by atoms with E-state index in [0.29, 0.717) is 22.4 Å². The summed E-state index contributed by atoms with van der Waals surface area (Å²) in [5.74, 6) is 0.281. The van der Waals surface area contributed by atoms with Crippen LogP contribution in [-0.4, -0.2) is 18.5 Å². The number of benzene rings is 3. The lowest BCUT2D eigenvalue weighted by atomic mass is 10.00. The summed E-state index contributed by atoms with van der Waals surface area (Å²) in [5.41, 5.74) is 3.13. The summed E-state index contributed by atoms with van der Waals surface area (Å²) in [4.78, 5) is 0.265. The summed E-state index contributed by atoms with van der Waals surface area (Å²) in [6, 6.07) is 17.9. The van der Waals surface area contributed by atoms with Gasteiger partial charge >= 0.3 is 0 Å². The number of hydrogen-bond donors (Lipinski definition) is 2. The van der Waals surface area contributed by atoms with Gasteiger partial charge in [-0.25, -0.2) is 4.39 Å². The molecule has 0 aromatic heterocycles. The van der Waals surface area contributed by atoms with Crippen LogP contribution in [0.5, 0.6) is 23.0 Å². The Hall–Kier alpha value is -2.64. The van der Waals surface area contributed by atoms with Crippen LogP contribution in [0.25, 0.3) is 0 Å². The Kier molecular flexibility index (Phi) is 7.62. The summed E-state index contributed by atoms with van der Waals surface area (Å²) < 4.78 is 27.9. The fraction of sp³-hybridized carbons (Fsp3) is 0.379. The van der Waals surface area contributed by atoms with Gasteiger partial charge in [0, 0.05) is 0 Å². The molecule has 1 heterocycles. The van der Waals surface area contributed by atoms with Gasteiger partial charge in [0.15, 0.2) is 11.6 Å². The number of fused-ring (bicyclic) bond motifs is 1. The average molecular weight is 527 g/mol. The van der Waals surface area contributed by atoms with Gasteiger partial charge in [0.1, 0.15) is 23.4 Å². The fourth-order valence-corrected chi connectivity index (χ4v) is 12.2. The molecule has 7 heteroatoms. The molecule has 0 spiro atoms. The third-order valence-corrected chi connectivity index (χ3v) is 14.6. The van der Waals surface area contributed by atoms with Crippen molar-refractivity contribution in [2.75, 3.05) is 0 Å². The van der Waals surface area contributed by atoms with E-state index < -0.39 is 26.0 Å². The van der Waals surface area contributed by atoms with Gasteiger partial charge in [0.2, 0.25) is 0 Å². The van der Waals surface area contributed by atoms with Crippen molar-refractivity contribution in [3.63, 3.8) is 0 Å². The maximum atomic E-state index is 14.8. The first-order chi connectivity index (χ1) is 17.0. The van der Waals surface area contributed by atoms with Gasteiger partial charge in [-0.05, 0) is 64.1 Å². The van der Waals surface area contributed by atoms with Crippen molar-refractivity contribution < 1.29 is 23.8 Å². The minimum Gasteiger partial charge on any atom is -0.543 e. The summed E-state index contributed by atoms with van der Waals surface area (Å²) >= 11 is 1.29. The third kappa shape index (κ3) is 4.83. The van der Waals surface area contributed by atoms with E-state index in [9.17, 15) is 14.6 Å². The van der Waals surface area contributed by atoms with Crippen LogP contribution in [0.2, 0.25) is 16.6 Å². The molecule has 3 aromatic carbocycles. The molecule has 1 aliphatic heterocycles. The number of ether oxygens (including phenoxy) is 1. The molecular formula is C29H35FO4SSi. The van der Waals surface area contributed by atoms with Crippen molar-refractivity contribution >= 4 is 20.1 Å². The second-order valence-electron chi connectivity index (χ2n) is 10.4. The van der Waals surface area contributed by atoms with E-state index in [1.165, 1.54) is 17.8 Å². The van der Waals surface area contributed by atoms with Crippen LogP contribution in [0, 0.1) is 5.82 Å². The van der Waals surface area contributed by atoms with Gasteiger partial charge < -0.3 is 19.4 Å². The highest BCUT2D eigenvalue weighted by Crippen LogP contribution is 2.55. The Morgan fingerprint density at radius 3 is 2.08 bits per heavy atom. The lowest BCUT2D eigenvalue weighted by molar-refractivity contribution is 0.188. The van der Waals surface area contributed by atoms with Crippen LogP contribution in [0.15, 0.2) is 65.6 Å². The van der Waals surface area contributed by atoms with Crippen molar-refractivity contribution in [3.05, 3.63) is 77.6 Å². The molecule has 1 aliphatic rings. The molecule has 4 rings (SSSR count). The van der Waals surface area contributed by atoms with Crippen LogP contribution in [0.4, 0.5) is 4.39 Å². The van der Waals surface area contributed by atoms with Crippen molar-refractivity contribution in [2.45, 2.75) is 74.4 Å². The van der Waals surface area contributed by atoms with Crippen molar-refractivity contribution in [1.29, 1.82) is 0 Å². The van der Waals surface area contributed by atoms with Gasteiger partial charge in [-0.3, -0.25) is 0 Å². The molecule has 0 radical (unpaired) electrons. The second kappa shape index (κ2) is 10.4. The van der Waals surface area contributed by atoms with Crippen molar-refractivity contribution in [3.8, 4) is 23.0 Å². The van der Waals surface area contributed by atoms with Crippen LogP contribution in [0.3, 0.4) is 0 Å². The number of hydrogen-bond acceptors (Lipinski definition) is 5. The van der Waals surface area contributed by atoms with Crippen molar-refractivity contribution in [2.24, 2.45) is 0 Å². The van der Waals surface area contributed by atoms with Crippen LogP contribution in [0.1, 0.15) is 64.0 Å². The van der Waals surface area contributed by atoms with Gasteiger partial charge in [-0.2, -0.15) is 0 Å². The quantitative estimate of drug-likeness (QED) is 0.301. The second-order valence-corrected chi connectivity index (χ2v) is 16.9. The number of thioether (sulfide) groups is 1. The zero-order valence-electron chi connectivity index (χ0n) is 21.7. The lowest BCUT2D eigenvalue weighted by Crippen LogP contribution is -2.50. The maximum absolute atomic E-state index is 14.8. The summed E-state index contributed by atoms with van der Waals surface area (Å²) in [6.45, 7) is 13.6. The minimum absolute atomic E-state index is 0.134. The van der Waals surface area contributed by atoms with E-state index >= 15 is 0 Å². The molecule has 2 atom stereocenters. The van der Waals surface area contributed by atoms with E-state index in [-0.39, 0.29) is 15.9 Å². The highest BCUT2D eigenvalue weighted by molar-refractivity contribution is 7.99. The first-order valence-corrected chi connectivity index (χ1v) is 15.5. The van der Waals surface area contributed by atoms with Crippen molar-refractivity contribution in [1.82, 2.24) is 0 Å². The molecule has 3 aromatic rings. The number of aromatic hydroxyl groups is 2. The largest absolute Gasteiger partial charge is 0.543 e. The lowest BCUT2D eigenvalue weighted by Gasteiger charge is -2.42. The smallest absolute Gasteiger partial charge is 0.258 e. The van der Waals surface area contributed by atoms with E-state index in [1.54, 1.807) is 24.3 Å². The molecule has 0 saturated heterocycles. The van der Waals surface area contributed by atoms with Gasteiger partial charge in [-0.15, -0.1) is 11.8 Å². The Bertz CT molecular complexity index is 1190. The number of phenols is 2. The SMILES string of the molecule is CC(C)[Si](Oc1ccc([C@H]2Oc3ccc(O)c(F)c3S[C@H]2c2cccc(O)c2)cc1)(C(C)C)C(C)C. The zero-order valence-corrected chi connectivity index (χ0v) is 23.5. The van der Waals surface area contributed by atoms with Gasteiger partial charge in [-0.1, -0.05) is 65.8 Å². The Morgan fingerprint density at radius 2 is 1.50 bits per heavy atom. The molecule has 0 unspecified atom stereocenters. The molecule has 2 N–H and O–H groups in total. The maximum Gasteiger partial charge on any atom is 0.258 e. The molecule has 0 saturated carbocycles. The van der Waals surface area contributed by atoms with Crippen LogP contribution in [-0.2, 0) is 0 Å².